The molecule has 0 radical (unpaired) electrons. The number of benzene rings is 2. The molecule has 2 rings (SSSR count). The number of ether oxygens (including phenoxy) is 1. The number of aldehydes is 1. The Hall–Kier alpha value is -1.45. The van der Waals surface area contributed by atoms with E-state index in [1.54, 1.807) is 30.0 Å². The number of rotatable bonds is 6. The van der Waals surface area contributed by atoms with Crippen LogP contribution < -0.4 is 4.74 Å². The summed E-state index contributed by atoms with van der Waals surface area (Å²) >= 11 is 7.72. The molecular formula is C15H13ClO2S. The number of halogens is 1. The highest BCUT2D eigenvalue weighted by molar-refractivity contribution is 7.99. The fourth-order valence-electron chi connectivity index (χ4n) is 1.59. The molecule has 0 aliphatic rings. The van der Waals surface area contributed by atoms with Crippen LogP contribution in [0.25, 0.3) is 0 Å². The van der Waals surface area contributed by atoms with Crippen molar-refractivity contribution in [3.63, 3.8) is 0 Å². The molecule has 2 aromatic carbocycles. The van der Waals surface area contributed by atoms with Gasteiger partial charge in [-0.3, -0.25) is 4.79 Å². The number of hydrogen-bond acceptors (Lipinski definition) is 3. The SMILES string of the molecule is O=Cc1cccc(Cl)c1OCCSc1ccccc1. The summed E-state index contributed by atoms with van der Waals surface area (Å²) in [5.41, 5.74) is 0.484. The largest absolute Gasteiger partial charge is 0.490 e. The number of carbonyl (C=O) groups is 1. The highest BCUT2D eigenvalue weighted by Crippen LogP contribution is 2.28. The van der Waals surface area contributed by atoms with Gasteiger partial charge in [0.15, 0.2) is 6.29 Å². The standard InChI is InChI=1S/C15H13ClO2S/c16-14-8-4-5-12(11-17)15(14)18-9-10-19-13-6-2-1-3-7-13/h1-8,11H,9-10H2. The van der Waals surface area contributed by atoms with Gasteiger partial charge >= 0.3 is 0 Å². The summed E-state index contributed by atoms with van der Waals surface area (Å²) in [7, 11) is 0. The molecule has 0 saturated heterocycles. The molecule has 2 aromatic rings. The molecule has 0 fully saturated rings. The van der Waals surface area contributed by atoms with Crippen LogP contribution >= 0.6 is 23.4 Å². The molecule has 0 aliphatic carbocycles. The molecule has 0 heterocycles. The summed E-state index contributed by atoms with van der Waals surface area (Å²) in [6.07, 6.45) is 0.756. The molecule has 2 nitrogen and oxygen atoms in total. The van der Waals surface area contributed by atoms with E-state index in [1.807, 2.05) is 18.2 Å². The van der Waals surface area contributed by atoms with Gasteiger partial charge in [0.2, 0.25) is 0 Å². The van der Waals surface area contributed by atoms with Gasteiger partial charge in [-0.2, -0.15) is 0 Å². The summed E-state index contributed by atoms with van der Waals surface area (Å²) in [6, 6.07) is 15.2. The topological polar surface area (TPSA) is 26.3 Å². The Balaban J connectivity index is 1.88. The van der Waals surface area contributed by atoms with Crippen LogP contribution in [0.15, 0.2) is 53.4 Å². The second-order valence-electron chi connectivity index (χ2n) is 3.79. The van der Waals surface area contributed by atoms with Crippen molar-refractivity contribution in [1.82, 2.24) is 0 Å². The second kappa shape index (κ2) is 7.22. The van der Waals surface area contributed by atoms with E-state index < -0.39 is 0 Å². The Morgan fingerprint density at radius 1 is 1.11 bits per heavy atom. The van der Waals surface area contributed by atoms with Crippen molar-refractivity contribution < 1.29 is 9.53 Å². The zero-order valence-electron chi connectivity index (χ0n) is 10.2. The molecule has 98 valence electrons. The minimum absolute atomic E-state index is 0.466. The van der Waals surface area contributed by atoms with Gasteiger partial charge in [-0.1, -0.05) is 35.9 Å². The van der Waals surface area contributed by atoms with Crippen LogP contribution in [0.2, 0.25) is 5.02 Å². The highest BCUT2D eigenvalue weighted by atomic mass is 35.5. The van der Waals surface area contributed by atoms with Crippen molar-refractivity contribution in [2.75, 3.05) is 12.4 Å². The Morgan fingerprint density at radius 2 is 1.89 bits per heavy atom. The van der Waals surface area contributed by atoms with E-state index in [0.717, 1.165) is 12.0 Å². The van der Waals surface area contributed by atoms with Gasteiger partial charge in [0, 0.05) is 10.6 Å². The lowest BCUT2D eigenvalue weighted by atomic mass is 10.2. The van der Waals surface area contributed by atoms with Crippen LogP contribution in [-0.4, -0.2) is 18.6 Å². The van der Waals surface area contributed by atoms with Gasteiger partial charge in [0.25, 0.3) is 0 Å². The Kier molecular flexibility index (Phi) is 5.31. The summed E-state index contributed by atoms with van der Waals surface area (Å²) in [5.74, 6) is 1.26. The molecule has 0 aromatic heterocycles. The van der Waals surface area contributed by atoms with Crippen LogP contribution in [0.4, 0.5) is 0 Å². The van der Waals surface area contributed by atoms with E-state index in [2.05, 4.69) is 12.1 Å². The van der Waals surface area contributed by atoms with Gasteiger partial charge in [0.05, 0.1) is 17.2 Å². The first kappa shape index (κ1) is 14.0. The fraction of sp³-hybridized carbons (Fsp3) is 0.133. The van der Waals surface area contributed by atoms with Gasteiger partial charge in [-0.15, -0.1) is 11.8 Å². The number of hydrogen-bond donors (Lipinski definition) is 0. The van der Waals surface area contributed by atoms with Crippen molar-refractivity contribution >= 4 is 29.6 Å². The van der Waals surface area contributed by atoms with Gasteiger partial charge < -0.3 is 4.74 Å². The average molecular weight is 293 g/mol. The molecule has 0 N–H and O–H groups in total. The average Bonchev–Trinajstić information content (AvgIpc) is 2.46. The van der Waals surface area contributed by atoms with E-state index in [1.165, 1.54) is 4.90 Å². The van der Waals surface area contributed by atoms with Gasteiger partial charge in [-0.05, 0) is 24.3 Å². The first-order valence-electron chi connectivity index (χ1n) is 5.85. The summed E-state index contributed by atoms with van der Waals surface area (Å²) < 4.78 is 5.60. The van der Waals surface area contributed by atoms with Crippen molar-refractivity contribution in [2.24, 2.45) is 0 Å². The van der Waals surface area contributed by atoms with Crippen molar-refractivity contribution in [1.29, 1.82) is 0 Å². The van der Waals surface area contributed by atoms with Gasteiger partial charge in [-0.25, -0.2) is 0 Å². The molecule has 19 heavy (non-hydrogen) atoms. The van der Waals surface area contributed by atoms with Crippen molar-refractivity contribution in [3.8, 4) is 5.75 Å². The molecule has 0 saturated carbocycles. The van der Waals surface area contributed by atoms with E-state index in [0.29, 0.717) is 22.9 Å². The van der Waals surface area contributed by atoms with Gasteiger partial charge in [0.1, 0.15) is 5.75 Å². The molecule has 0 aliphatic heterocycles. The van der Waals surface area contributed by atoms with Crippen LogP contribution in [0.3, 0.4) is 0 Å². The van der Waals surface area contributed by atoms with Crippen molar-refractivity contribution in [3.05, 3.63) is 59.1 Å². The summed E-state index contributed by atoms with van der Waals surface area (Å²) in [5, 5.41) is 0.467. The van der Waals surface area contributed by atoms with E-state index in [-0.39, 0.29) is 0 Å². The van der Waals surface area contributed by atoms with Crippen LogP contribution in [0.5, 0.6) is 5.75 Å². The minimum atomic E-state index is 0.466. The van der Waals surface area contributed by atoms with Crippen LogP contribution in [0.1, 0.15) is 10.4 Å². The first-order chi connectivity index (χ1) is 9.31. The lowest BCUT2D eigenvalue weighted by Crippen LogP contribution is -2.02. The highest BCUT2D eigenvalue weighted by Gasteiger charge is 2.07. The molecule has 0 unspecified atom stereocenters. The van der Waals surface area contributed by atoms with Crippen LogP contribution in [0, 0.1) is 0 Å². The quantitative estimate of drug-likeness (QED) is 0.450. The summed E-state index contributed by atoms with van der Waals surface area (Å²) in [6.45, 7) is 0.504. The Morgan fingerprint density at radius 3 is 2.63 bits per heavy atom. The van der Waals surface area contributed by atoms with E-state index >= 15 is 0 Å². The third kappa shape index (κ3) is 4.01. The van der Waals surface area contributed by atoms with E-state index in [9.17, 15) is 4.79 Å². The Labute approximate surface area is 121 Å². The monoisotopic (exact) mass is 292 g/mol. The molecule has 4 heteroatoms. The molecule has 0 atom stereocenters. The fourth-order valence-corrected chi connectivity index (χ4v) is 2.58. The predicted octanol–water partition coefficient (Wildman–Crippen LogP) is 4.32. The smallest absolute Gasteiger partial charge is 0.153 e. The zero-order chi connectivity index (χ0) is 13.5. The number of para-hydroxylation sites is 1. The number of carbonyl (C=O) groups excluding carboxylic acids is 1. The van der Waals surface area contributed by atoms with Crippen LogP contribution in [-0.2, 0) is 0 Å². The third-order valence-electron chi connectivity index (χ3n) is 2.47. The number of thioether (sulfide) groups is 1. The molecule has 0 spiro atoms. The maximum Gasteiger partial charge on any atom is 0.153 e. The molecule has 0 amide bonds. The third-order valence-corrected chi connectivity index (χ3v) is 3.74. The molecule has 0 bridgehead atoms. The zero-order valence-corrected chi connectivity index (χ0v) is 11.8. The van der Waals surface area contributed by atoms with E-state index in [4.69, 9.17) is 16.3 Å². The maximum absolute atomic E-state index is 10.9. The lowest BCUT2D eigenvalue weighted by Gasteiger charge is -2.09. The lowest BCUT2D eigenvalue weighted by molar-refractivity contribution is 0.112. The normalized spacial score (nSPS) is 10.2. The predicted molar refractivity (Wildman–Crippen MR) is 79.5 cm³/mol. The summed E-state index contributed by atoms with van der Waals surface area (Å²) in [4.78, 5) is 12.1. The molecular weight excluding hydrogens is 280 g/mol. The first-order valence-corrected chi connectivity index (χ1v) is 7.22. The Bertz CT molecular complexity index is 543. The maximum atomic E-state index is 10.9. The second-order valence-corrected chi connectivity index (χ2v) is 5.36. The minimum Gasteiger partial charge on any atom is -0.490 e. The van der Waals surface area contributed by atoms with Crippen molar-refractivity contribution in [2.45, 2.75) is 4.90 Å².